The van der Waals surface area contributed by atoms with Crippen molar-refractivity contribution in [2.24, 2.45) is 0 Å². The number of aromatic carboxylic acids is 1. The monoisotopic (exact) mass is 374 g/mol. The van der Waals surface area contributed by atoms with E-state index in [2.05, 4.69) is 10.3 Å². The number of carbonyl (C=O) groups is 2. The minimum atomic E-state index is -1.06. The topological polar surface area (TPSA) is 88.5 Å². The van der Waals surface area contributed by atoms with E-state index < -0.39 is 5.97 Å². The second kappa shape index (κ2) is 8.40. The Balaban J connectivity index is 1.92. The molecule has 138 valence electrons. The fraction of sp³-hybridized carbons (Fsp3) is 0.421. The molecule has 1 aliphatic carbocycles. The summed E-state index contributed by atoms with van der Waals surface area (Å²) in [6.45, 7) is 1.99. The molecule has 0 bridgehead atoms. The third kappa shape index (κ3) is 4.46. The van der Waals surface area contributed by atoms with Crippen molar-refractivity contribution in [1.82, 2.24) is 10.3 Å². The molecule has 0 aliphatic heterocycles. The van der Waals surface area contributed by atoms with Gasteiger partial charge in [-0.3, -0.25) is 4.79 Å². The van der Waals surface area contributed by atoms with Crippen LogP contribution in [-0.2, 0) is 4.79 Å². The van der Waals surface area contributed by atoms with Crippen LogP contribution in [-0.4, -0.2) is 40.4 Å². The lowest BCUT2D eigenvalue weighted by atomic mass is 10.2. The van der Waals surface area contributed by atoms with Crippen molar-refractivity contribution < 1.29 is 19.4 Å². The van der Waals surface area contributed by atoms with E-state index in [0.717, 1.165) is 36.0 Å². The van der Waals surface area contributed by atoms with Crippen LogP contribution in [0.15, 0.2) is 29.2 Å². The number of amides is 1. The molecule has 1 aliphatic rings. The van der Waals surface area contributed by atoms with Gasteiger partial charge in [0.1, 0.15) is 17.0 Å². The standard InChI is InChI=1S/C19H22N2O4S/c1-12(22)20-9-10-26-17-11-15(19(23)24)21-18-14(17)7-4-8-16(18)25-13-5-2-3-6-13/h4,7-8,11,13H,2-3,5-6,9-10H2,1H3,(H,20,22)(H,23,24). The molecule has 0 unspecified atom stereocenters. The lowest BCUT2D eigenvalue weighted by Crippen LogP contribution is -2.22. The summed E-state index contributed by atoms with van der Waals surface area (Å²) in [6, 6.07) is 7.27. The Kier molecular flexibility index (Phi) is 5.98. The first-order valence-electron chi connectivity index (χ1n) is 8.75. The van der Waals surface area contributed by atoms with Crippen molar-refractivity contribution in [1.29, 1.82) is 0 Å². The van der Waals surface area contributed by atoms with Gasteiger partial charge in [-0.05, 0) is 37.8 Å². The number of aromatic nitrogens is 1. The van der Waals surface area contributed by atoms with Gasteiger partial charge in [0.25, 0.3) is 0 Å². The summed E-state index contributed by atoms with van der Waals surface area (Å²) < 4.78 is 6.11. The van der Waals surface area contributed by atoms with Crippen molar-refractivity contribution in [3.63, 3.8) is 0 Å². The first kappa shape index (κ1) is 18.5. The van der Waals surface area contributed by atoms with Gasteiger partial charge in [0.05, 0.1) is 6.10 Å². The molecular weight excluding hydrogens is 352 g/mol. The van der Waals surface area contributed by atoms with E-state index in [-0.39, 0.29) is 17.7 Å². The highest BCUT2D eigenvalue weighted by molar-refractivity contribution is 7.99. The minimum Gasteiger partial charge on any atom is -0.488 e. The highest BCUT2D eigenvalue weighted by atomic mass is 32.2. The fourth-order valence-electron chi connectivity index (χ4n) is 3.09. The number of hydrogen-bond donors (Lipinski definition) is 2. The number of nitrogens with zero attached hydrogens (tertiary/aromatic N) is 1. The molecule has 1 heterocycles. The van der Waals surface area contributed by atoms with Crippen LogP contribution in [0.3, 0.4) is 0 Å². The highest BCUT2D eigenvalue weighted by Crippen LogP contribution is 2.34. The molecule has 2 N–H and O–H groups in total. The van der Waals surface area contributed by atoms with E-state index in [1.54, 1.807) is 6.07 Å². The van der Waals surface area contributed by atoms with Gasteiger partial charge in [0, 0.05) is 29.5 Å². The summed E-state index contributed by atoms with van der Waals surface area (Å²) in [6.07, 6.45) is 4.54. The minimum absolute atomic E-state index is 0.00185. The van der Waals surface area contributed by atoms with Crippen molar-refractivity contribution >= 4 is 34.5 Å². The molecule has 6 nitrogen and oxygen atoms in total. The quantitative estimate of drug-likeness (QED) is 0.570. The van der Waals surface area contributed by atoms with Crippen LogP contribution in [0.2, 0.25) is 0 Å². The van der Waals surface area contributed by atoms with E-state index in [1.165, 1.54) is 18.7 Å². The van der Waals surface area contributed by atoms with Gasteiger partial charge in [-0.25, -0.2) is 9.78 Å². The Labute approximate surface area is 156 Å². The average Bonchev–Trinajstić information content (AvgIpc) is 3.11. The van der Waals surface area contributed by atoms with E-state index >= 15 is 0 Å². The summed E-state index contributed by atoms with van der Waals surface area (Å²) in [4.78, 5) is 27.7. The zero-order chi connectivity index (χ0) is 18.5. The average molecular weight is 374 g/mol. The Morgan fingerprint density at radius 2 is 2.12 bits per heavy atom. The second-order valence-electron chi connectivity index (χ2n) is 6.32. The normalized spacial score (nSPS) is 14.5. The highest BCUT2D eigenvalue weighted by Gasteiger charge is 2.20. The molecule has 1 aromatic heterocycles. The van der Waals surface area contributed by atoms with Crippen LogP contribution in [0.1, 0.15) is 43.1 Å². The maximum absolute atomic E-state index is 11.5. The number of ether oxygens (including phenoxy) is 1. The number of nitrogens with one attached hydrogen (secondary N) is 1. The Bertz CT molecular complexity index is 819. The van der Waals surface area contributed by atoms with Crippen molar-refractivity contribution in [3.05, 3.63) is 30.0 Å². The molecule has 1 aromatic carbocycles. The van der Waals surface area contributed by atoms with Crippen LogP contribution in [0, 0.1) is 0 Å². The Morgan fingerprint density at radius 3 is 2.81 bits per heavy atom. The van der Waals surface area contributed by atoms with Gasteiger partial charge in [0.15, 0.2) is 0 Å². The summed E-state index contributed by atoms with van der Waals surface area (Å²) in [5.41, 5.74) is 0.586. The first-order chi connectivity index (χ1) is 12.5. The smallest absolute Gasteiger partial charge is 0.354 e. The fourth-order valence-corrected chi connectivity index (χ4v) is 4.03. The zero-order valence-corrected chi connectivity index (χ0v) is 15.5. The predicted octanol–water partition coefficient (Wildman–Crippen LogP) is 3.48. The SMILES string of the molecule is CC(=O)NCCSc1cc(C(=O)O)nc2c(OC3CCCC3)cccc12. The number of benzene rings is 1. The maximum Gasteiger partial charge on any atom is 0.354 e. The van der Waals surface area contributed by atoms with E-state index in [9.17, 15) is 14.7 Å². The first-order valence-corrected chi connectivity index (χ1v) is 9.74. The van der Waals surface area contributed by atoms with Crippen LogP contribution in [0.5, 0.6) is 5.75 Å². The summed E-state index contributed by atoms with van der Waals surface area (Å²) in [7, 11) is 0. The molecule has 2 aromatic rings. The number of para-hydroxylation sites is 1. The lowest BCUT2D eigenvalue weighted by molar-refractivity contribution is -0.118. The van der Waals surface area contributed by atoms with Crippen LogP contribution in [0.25, 0.3) is 10.9 Å². The summed E-state index contributed by atoms with van der Waals surface area (Å²) in [5, 5.41) is 13.0. The molecule has 7 heteroatoms. The van der Waals surface area contributed by atoms with Crippen molar-refractivity contribution in [2.45, 2.75) is 43.6 Å². The molecule has 1 saturated carbocycles. The predicted molar refractivity (Wildman–Crippen MR) is 101 cm³/mol. The van der Waals surface area contributed by atoms with Gasteiger partial charge in [-0.15, -0.1) is 11.8 Å². The van der Waals surface area contributed by atoms with E-state index in [4.69, 9.17) is 4.74 Å². The molecule has 26 heavy (non-hydrogen) atoms. The van der Waals surface area contributed by atoms with Gasteiger partial charge in [-0.1, -0.05) is 12.1 Å². The number of pyridine rings is 1. The third-order valence-electron chi connectivity index (χ3n) is 4.31. The van der Waals surface area contributed by atoms with Crippen LogP contribution >= 0.6 is 11.8 Å². The summed E-state index contributed by atoms with van der Waals surface area (Å²) >= 11 is 1.50. The number of carbonyl (C=O) groups excluding carboxylic acids is 1. The van der Waals surface area contributed by atoms with Gasteiger partial charge in [-0.2, -0.15) is 0 Å². The number of fused-ring (bicyclic) bond motifs is 1. The number of carboxylic acid groups (broad SMARTS) is 1. The number of thioether (sulfide) groups is 1. The van der Waals surface area contributed by atoms with Gasteiger partial charge in [0.2, 0.25) is 5.91 Å². The van der Waals surface area contributed by atoms with Gasteiger partial charge >= 0.3 is 5.97 Å². The summed E-state index contributed by atoms with van der Waals surface area (Å²) in [5.74, 6) is 0.141. The Hall–Kier alpha value is -2.28. The van der Waals surface area contributed by atoms with Crippen molar-refractivity contribution in [3.8, 4) is 5.75 Å². The molecule has 1 amide bonds. The molecule has 0 atom stereocenters. The number of carboxylic acids is 1. The second-order valence-corrected chi connectivity index (χ2v) is 7.46. The van der Waals surface area contributed by atoms with E-state index in [0.29, 0.717) is 23.6 Å². The molecule has 3 rings (SSSR count). The van der Waals surface area contributed by atoms with Crippen molar-refractivity contribution in [2.75, 3.05) is 12.3 Å². The maximum atomic E-state index is 11.5. The van der Waals surface area contributed by atoms with Crippen LogP contribution < -0.4 is 10.1 Å². The molecule has 0 spiro atoms. The molecule has 0 radical (unpaired) electrons. The van der Waals surface area contributed by atoms with Crippen LogP contribution in [0.4, 0.5) is 0 Å². The largest absolute Gasteiger partial charge is 0.488 e. The number of hydrogen-bond acceptors (Lipinski definition) is 5. The zero-order valence-electron chi connectivity index (χ0n) is 14.7. The lowest BCUT2D eigenvalue weighted by Gasteiger charge is -2.16. The van der Waals surface area contributed by atoms with E-state index in [1.807, 2.05) is 18.2 Å². The molecule has 1 fully saturated rings. The van der Waals surface area contributed by atoms with Gasteiger partial charge < -0.3 is 15.2 Å². The third-order valence-corrected chi connectivity index (χ3v) is 5.37. The molecular formula is C19H22N2O4S. The number of rotatable bonds is 7. The molecule has 0 saturated heterocycles. The Morgan fingerprint density at radius 1 is 1.35 bits per heavy atom.